The van der Waals surface area contributed by atoms with Crippen molar-refractivity contribution in [3.8, 4) is 6.07 Å². The van der Waals surface area contributed by atoms with Crippen LogP contribution in [0.5, 0.6) is 0 Å². The van der Waals surface area contributed by atoms with E-state index in [9.17, 15) is 4.79 Å². The molecule has 0 fully saturated rings. The Kier molecular flexibility index (Phi) is 4.74. The summed E-state index contributed by atoms with van der Waals surface area (Å²) >= 11 is 1.28. The fourth-order valence-corrected chi connectivity index (χ4v) is 2.82. The molecule has 0 saturated heterocycles. The van der Waals surface area contributed by atoms with E-state index in [0.29, 0.717) is 10.6 Å². The molecule has 0 saturated carbocycles. The summed E-state index contributed by atoms with van der Waals surface area (Å²) in [5, 5.41) is 9.38. The van der Waals surface area contributed by atoms with Crippen molar-refractivity contribution in [2.45, 2.75) is 38.0 Å². The van der Waals surface area contributed by atoms with Crippen molar-refractivity contribution < 1.29 is 4.79 Å². The van der Waals surface area contributed by atoms with Crippen LogP contribution in [-0.4, -0.2) is 16.1 Å². The molecule has 0 aliphatic heterocycles. The molecule has 1 rings (SSSR count). The zero-order chi connectivity index (χ0) is 13.9. The van der Waals surface area contributed by atoms with Gasteiger partial charge in [-0.2, -0.15) is 5.26 Å². The predicted octanol–water partition coefficient (Wildman–Crippen LogP) is 2.17. The lowest BCUT2D eigenvalue weighted by atomic mass is 10.1. The number of hydrogen-bond donors (Lipinski definition) is 1. The lowest BCUT2D eigenvalue weighted by Gasteiger charge is -2.17. The molecule has 0 aromatic carbocycles. The Bertz CT molecular complexity index is 506. The second-order valence-electron chi connectivity index (χ2n) is 4.56. The summed E-state index contributed by atoms with van der Waals surface area (Å²) < 4.78 is 0. The number of hydrogen-bond acceptors (Lipinski definition) is 4. The van der Waals surface area contributed by atoms with E-state index in [0.717, 1.165) is 11.3 Å². The highest BCUT2D eigenvalue weighted by Gasteiger charge is 2.23. The summed E-state index contributed by atoms with van der Waals surface area (Å²) in [6.07, 6.45) is 0. The Morgan fingerprint density at radius 2 is 2.11 bits per heavy atom. The number of thioether (sulfide) groups is 1. The molecule has 0 unspecified atom stereocenters. The smallest absolute Gasteiger partial charge is 0.231 e. The first-order valence-corrected chi connectivity index (χ1v) is 6.59. The van der Waals surface area contributed by atoms with E-state index in [4.69, 9.17) is 11.0 Å². The monoisotopic (exact) mass is 263 g/mol. The number of primary amides is 1. The van der Waals surface area contributed by atoms with Crippen LogP contribution in [0.1, 0.15) is 30.7 Å². The van der Waals surface area contributed by atoms with Gasteiger partial charge in [-0.05, 0) is 31.4 Å². The molecule has 1 amide bonds. The first-order valence-electron chi connectivity index (χ1n) is 5.71. The van der Waals surface area contributed by atoms with Crippen molar-refractivity contribution in [2.75, 3.05) is 0 Å². The highest BCUT2D eigenvalue weighted by molar-refractivity contribution is 8.00. The van der Waals surface area contributed by atoms with Gasteiger partial charge in [-0.15, -0.1) is 0 Å². The van der Waals surface area contributed by atoms with Gasteiger partial charge in [0.05, 0.1) is 10.8 Å². The molecule has 1 aromatic rings. The van der Waals surface area contributed by atoms with Crippen LogP contribution in [0.15, 0.2) is 11.1 Å². The minimum Gasteiger partial charge on any atom is -0.369 e. The topological polar surface area (TPSA) is 79.8 Å². The Labute approximate surface area is 112 Å². The molecule has 18 heavy (non-hydrogen) atoms. The van der Waals surface area contributed by atoms with Crippen LogP contribution in [0.2, 0.25) is 0 Å². The normalized spacial score (nSPS) is 12.2. The molecule has 4 nitrogen and oxygen atoms in total. The maximum atomic E-state index is 11.4. The summed E-state index contributed by atoms with van der Waals surface area (Å²) in [6, 6.07) is 4.00. The third-order valence-corrected chi connectivity index (χ3v) is 4.10. The molecular weight excluding hydrogens is 246 g/mol. The Balaban J connectivity index is 3.18. The molecule has 0 aliphatic carbocycles. The van der Waals surface area contributed by atoms with Gasteiger partial charge in [-0.3, -0.25) is 4.79 Å². The van der Waals surface area contributed by atoms with E-state index in [1.807, 2.05) is 33.8 Å². The van der Waals surface area contributed by atoms with Gasteiger partial charge in [-0.25, -0.2) is 4.98 Å². The van der Waals surface area contributed by atoms with Crippen LogP contribution in [0.3, 0.4) is 0 Å². The summed E-state index contributed by atoms with van der Waals surface area (Å²) in [6.45, 7) is 7.59. The summed E-state index contributed by atoms with van der Waals surface area (Å²) in [7, 11) is 0. The van der Waals surface area contributed by atoms with Crippen LogP contribution in [0.4, 0.5) is 0 Å². The molecule has 5 heteroatoms. The van der Waals surface area contributed by atoms with Gasteiger partial charge in [-0.1, -0.05) is 25.6 Å². The van der Waals surface area contributed by atoms with E-state index >= 15 is 0 Å². The van der Waals surface area contributed by atoms with E-state index in [2.05, 4.69) is 11.1 Å². The number of aromatic nitrogens is 1. The average Bonchev–Trinajstić information content (AvgIpc) is 2.24. The van der Waals surface area contributed by atoms with Crippen molar-refractivity contribution in [2.24, 2.45) is 11.7 Å². The number of nitrogens with zero attached hydrogens (tertiary/aromatic N) is 2. The SMILES string of the molecule is Cc1cc(C)c(C#N)c(S[C@@H](C(N)=O)C(C)C)n1. The maximum absolute atomic E-state index is 11.4. The quantitative estimate of drug-likeness (QED) is 0.844. The summed E-state index contributed by atoms with van der Waals surface area (Å²) in [5.74, 6) is -0.276. The first-order chi connectivity index (χ1) is 8.36. The number of amides is 1. The average molecular weight is 263 g/mol. The standard InChI is InChI=1S/C13H17N3OS/c1-7(2)11(12(15)17)18-13-10(6-14)8(3)5-9(4)16-13/h5,7,11H,1-4H3,(H2,15,17)/t11-/m1/s1. The second-order valence-corrected chi connectivity index (χ2v) is 5.69. The van der Waals surface area contributed by atoms with Crippen LogP contribution in [-0.2, 0) is 4.79 Å². The van der Waals surface area contributed by atoms with Gasteiger partial charge in [0.25, 0.3) is 0 Å². The number of nitrogens with two attached hydrogens (primary N) is 1. The summed E-state index contributed by atoms with van der Waals surface area (Å²) in [4.78, 5) is 15.7. The minimum atomic E-state index is -0.375. The third kappa shape index (κ3) is 3.23. The third-order valence-electron chi connectivity index (χ3n) is 2.55. The number of carbonyl (C=O) groups excluding carboxylic acids is 1. The number of aryl methyl sites for hydroxylation is 2. The second kappa shape index (κ2) is 5.87. The van der Waals surface area contributed by atoms with Crippen molar-refractivity contribution >= 4 is 17.7 Å². The molecule has 0 aliphatic rings. The molecular formula is C13H17N3OS. The number of pyridine rings is 1. The Morgan fingerprint density at radius 1 is 1.50 bits per heavy atom. The molecule has 0 spiro atoms. The van der Waals surface area contributed by atoms with Gasteiger partial charge in [0, 0.05) is 5.69 Å². The summed E-state index contributed by atoms with van der Waals surface area (Å²) in [5.41, 5.74) is 7.62. The van der Waals surface area contributed by atoms with E-state index in [-0.39, 0.29) is 17.1 Å². The van der Waals surface area contributed by atoms with Gasteiger partial charge in [0.1, 0.15) is 11.1 Å². The zero-order valence-electron chi connectivity index (χ0n) is 11.0. The minimum absolute atomic E-state index is 0.0988. The van der Waals surface area contributed by atoms with Crippen LogP contribution < -0.4 is 5.73 Å². The lowest BCUT2D eigenvalue weighted by molar-refractivity contribution is -0.118. The van der Waals surface area contributed by atoms with Crippen molar-refractivity contribution in [3.05, 3.63) is 22.9 Å². The predicted molar refractivity (Wildman–Crippen MR) is 72.1 cm³/mol. The fraction of sp³-hybridized carbons (Fsp3) is 0.462. The molecule has 1 heterocycles. The Morgan fingerprint density at radius 3 is 2.56 bits per heavy atom. The van der Waals surface area contributed by atoms with Crippen molar-refractivity contribution in [3.63, 3.8) is 0 Å². The van der Waals surface area contributed by atoms with Crippen LogP contribution in [0, 0.1) is 31.1 Å². The Hall–Kier alpha value is -1.54. The van der Waals surface area contributed by atoms with Gasteiger partial charge in [0.15, 0.2) is 0 Å². The maximum Gasteiger partial charge on any atom is 0.231 e. The molecule has 2 N–H and O–H groups in total. The van der Waals surface area contributed by atoms with Crippen molar-refractivity contribution in [1.29, 1.82) is 5.26 Å². The number of carbonyl (C=O) groups is 1. The van der Waals surface area contributed by atoms with Crippen LogP contribution >= 0.6 is 11.8 Å². The number of rotatable bonds is 4. The van der Waals surface area contributed by atoms with Gasteiger partial charge < -0.3 is 5.73 Å². The van der Waals surface area contributed by atoms with Crippen molar-refractivity contribution in [1.82, 2.24) is 4.98 Å². The van der Waals surface area contributed by atoms with E-state index < -0.39 is 0 Å². The van der Waals surface area contributed by atoms with E-state index in [1.54, 1.807) is 0 Å². The van der Waals surface area contributed by atoms with Gasteiger partial charge >= 0.3 is 0 Å². The molecule has 1 aromatic heterocycles. The number of nitriles is 1. The largest absolute Gasteiger partial charge is 0.369 e. The van der Waals surface area contributed by atoms with E-state index in [1.165, 1.54) is 11.8 Å². The molecule has 1 atom stereocenters. The first kappa shape index (κ1) is 14.5. The lowest BCUT2D eigenvalue weighted by Crippen LogP contribution is -2.30. The fourth-order valence-electron chi connectivity index (χ4n) is 1.67. The van der Waals surface area contributed by atoms with Gasteiger partial charge in [0.2, 0.25) is 5.91 Å². The van der Waals surface area contributed by atoms with Crippen LogP contribution in [0.25, 0.3) is 0 Å². The molecule has 0 radical (unpaired) electrons. The highest BCUT2D eigenvalue weighted by atomic mass is 32.2. The molecule has 0 bridgehead atoms. The highest BCUT2D eigenvalue weighted by Crippen LogP contribution is 2.30. The molecule has 96 valence electrons. The zero-order valence-corrected chi connectivity index (χ0v) is 11.8.